The summed E-state index contributed by atoms with van der Waals surface area (Å²) in [6, 6.07) is 30.8. The summed E-state index contributed by atoms with van der Waals surface area (Å²) in [7, 11) is 0. The van der Waals surface area contributed by atoms with Crippen LogP contribution in [0.3, 0.4) is 0 Å². The van der Waals surface area contributed by atoms with Gasteiger partial charge in [-0.15, -0.1) is 0 Å². The average Bonchev–Trinajstić information content (AvgIpc) is 3.44. The molecule has 0 amide bonds. The van der Waals surface area contributed by atoms with Gasteiger partial charge in [-0.3, -0.25) is 0 Å². The predicted molar refractivity (Wildman–Crippen MR) is 156 cm³/mol. The molecule has 0 atom stereocenters. The molecule has 4 aromatic rings. The molecular formula is C35H31BrO2. The van der Waals surface area contributed by atoms with Crippen LogP contribution < -0.4 is 0 Å². The topological polar surface area (TPSA) is 18.5 Å². The summed E-state index contributed by atoms with van der Waals surface area (Å²) in [6.45, 7) is 3.45. The van der Waals surface area contributed by atoms with E-state index >= 15 is 0 Å². The number of fused-ring (bicyclic) bond motifs is 10. The molecule has 0 radical (unpaired) electrons. The third-order valence-electron chi connectivity index (χ3n) is 9.58. The third kappa shape index (κ3) is 3.25. The largest absolute Gasteiger partial charge is 0.381 e. The van der Waals surface area contributed by atoms with E-state index in [2.05, 4.69) is 94.8 Å². The van der Waals surface area contributed by atoms with Gasteiger partial charge < -0.3 is 9.47 Å². The normalized spacial score (nSPS) is 19.7. The first-order chi connectivity index (χ1) is 18.7. The van der Waals surface area contributed by atoms with E-state index < -0.39 is 0 Å². The Morgan fingerprint density at radius 2 is 1.00 bits per heavy atom. The van der Waals surface area contributed by atoms with E-state index in [9.17, 15) is 0 Å². The smallest absolute Gasteiger partial charge is 0.0726 e. The highest BCUT2D eigenvalue weighted by Gasteiger charge is 2.52. The minimum atomic E-state index is -0.303. The average molecular weight is 564 g/mol. The van der Waals surface area contributed by atoms with Crippen LogP contribution in [0.15, 0.2) is 83.3 Å². The Kier molecular flexibility index (Phi) is 5.44. The molecule has 2 nitrogen and oxygen atoms in total. The van der Waals surface area contributed by atoms with E-state index in [-0.39, 0.29) is 5.41 Å². The number of hydrogen-bond donors (Lipinski definition) is 0. The van der Waals surface area contributed by atoms with E-state index in [1.807, 2.05) is 0 Å². The zero-order chi connectivity index (χ0) is 25.3. The van der Waals surface area contributed by atoms with E-state index in [0.29, 0.717) is 11.8 Å². The Balaban J connectivity index is 1.43. The zero-order valence-corrected chi connectivity index (χ0v) is 23.1. The van der Waals surface area contributed by atoms with Gasteiger partial charge in [0.05, 0.1) is 5.41 Å². The lowest BCUT2D eigenvalue weighted by Crippen LogP contribution is -2.27. The van der Waals surface area contributed by atoms with Gasteiger partial charge in [-0.05, 0) is 105 Å². The molecule has 4 aliphatic rings. The molecule has 0 saturated carbocycles. The monoisotopic (exact) mass is 562 g/mol. The zero-order valence-electron chi connectivity index (χ0n) is 21.5. The maximum Gasteiger partial charge on any atom is 0.0726 e. The lowest BCUT2D eigenvalue weighted by atomic mass is 9.69. The van der Waals surface area contributed by atoms with Crippen molar-refractivity contribution in [2.45, 2.75) is 42.9 Å². The summed E-state index contributed by atoms with van der Waals surface area (Å²) < 4.78 is 12.6. The van der Waals surface area contributed by atoms with Gasteiger partial charge in [0.15, 0.2) is 0 Å². The lowest BCUT2D eigenvalue weighted by Gasteiger charge is -2.32. The van der Waals surface area contributed by atoms with E-state index in [1.165, 1.54) is 55.6 Å². The summed E-state index contributed by atoms with van der Waals surface area (Å²) in [4.78, 5) is 0. The Morgan fingerprint density at radius 3 is 1.58 bits per heavy atom. The molecule has 0 aromatic heterocycles. The maximum absolute atomic E-state index is 5.72. The highest BCUT2D eigenvalue weighted by atomic mass is 79.9. The Labute approximate surface area is 233 Å². The number of hydrogen-bond acceptors (Lipinski definition) is 2. The van der Waals surface area contributed by atoms with Crippen LogP contribution in [-0.4, -0.2) is 26.4 Å². The first-order valence-corrected chi connectivity index (χ1v) is 14.9. The second-order valence-corrected chi connectivity index (χ2v) is 12.3. The Morgan fingerprint density at radius 1 is 0.526 bits per heavy atom. The van der Waals surface area contributed by atoms with Gasteiger partial charge in [0.25, 0.3) is 0 Å². The fraction of sp³-hybridized carbons (Fsp3) is 0.314. The van der Waals surface area contributed by atoms with Crippen molar-refractivity contribution < 1.29 is 9.47 Å². The summed E-state index contributed by atoms with van der Waals surface area (Å²) in [5.74, 6) is 1.12. The molecule has 0 bridgehead atoms. The fourth-order valence-electron chi connectivity index (χ4n) is 7.76. The molecule has 2 aliphatic heterocycles. The molecule has 0 unspecified atom stereocenters. The number of rotatable bonds is 2. The molecule has 190 valence electrons. The van der Waals surface area contributed by atoms with Gasteiger partial charge >= 0.3 is 0 Å². The quantitative estimate of drug-likeness (QED) is 0.210. The second-order valence-electron chi connectivity index (χ2n) is 11.4. The van der Waals surface area contributed by atoms with Crippen molar-refractivity contribution >= 4 is 15.9 Å². The fourth-order valence-corrected chi connectivity index (χ4v) is 8.12. The standard InChI is InChI=1S/C35H31BrO2/c36-26-7-10-30-27-3-1-2-4-31(27)35(34(30)21-26)32-19-24(22-11-15-37-16-12-22)5-8-28(32)29-9-6-25(20-33(29)35)23-13-17-38-18-14-23/h1-10,19-23H,11-18H2. The summed E-state index contributed by atoms with van der Waals surface area (Å²) in [6.07, 6.45) is 4.41. The number of halogens is 1. The molecule has 1 spiro atoms. The van der Waals surface area contributed by atoms with Crippen molar-refractivity contribution in [2.24, 2.45) is 0 Å². The first kappa shape index (κ1) is 23.2. The number of benzene rings is 4. The van der Waals surface area contributed by atoms with Crippen LogP contribution in [0.2, 0.25) is 0 Å². The lowest BCUT2D eigenvalue weighted by molar-refractivity contribution is 0.0852. The van der Waals surface area contributed by atoms with Crippen molar-refractivity contribution in [1.82, 2.24) is 0 Å². The van der Waals surface area contributed by atoms with Crippen molar-refractivity contribution in [2.75, 3.05) is 26.4 Å². The molecular weight excluding hydrogens is 532 g/mol. The first-order valence-electron chi connectivity index (χ1n) is 14.1. The molecule has 38 heavy (non-hydrogen) atoms. The predicted octanol–water partition coefficient (Wildman–Crippen LogP) is 8.58. The van der Waals surface area contributed by atoms with E-state index in [1.54, 1.807) is 0 Å². The van der Waals surface area contributed by atoms with Gasteiger partial charge in [0.1, 0.15) is 0 Å². The summed E-state index contributed by atoms with van der Waals surface area (Å²) in [5.41, 5.74) is 13.8. The van der Waals surface area contributed by atoms with Crippen molar-refractivity contribution in [3.63, 3.8) is 0 Å². The third-order valence-corrected chi connectivity index (χ3v) is 10.1. The maximum atomic E-state index is 5.72. The molecule has 8 rings (SSSR count). The van der Waals surface area contributed by atoms with Crippen LogP contribution in [0.4, 0.5) is 0 Å². The Bertz CT molecular complexity index is 1490. The van der Waals surface area contributed by atoms with Crippen molar-refractivity contribution in [3.05, 3.63) is 117 Å². The molecule has 4 aromatic carbocycles. The molecule has 2 saturated heterocycles. The van der Waals surface area contributed by atoms with Crippen molar-refractivity contribution in [1.29, 1.82) is 0 Å². The minimum absolute atomic E-state index is 0.303. The highest BCUT2D eigenvalue weighted by Crippen LogP contribution is 2.63. The van der Waals surface area contributed by atoms with Crippen LogP contribution >= 0.6 is 15.9 Å². The van der Waals surface area contributed by atoms with Crippen LogP contribution in [0.1, 0.15) is 70.9 Å². The van der Waals surface area contributed by atoms with E-state index in [4.69, 9.17) is 9.47 Å². The molecule has 2 fully saturated rings. The van der Waals surface area contributed by atoms with Crippen LogP contribution in [0.5, 0.6) is 0 Å². The van der Waals surface area contributed by atoms with Gasteiger partial charge in [-0.2, -0.15) is 0 Å². The SMILES string of the molecule is Brc1ccc2c(c1)C1(c3ccccc3-2)c2cc(C3CCOCC3)ccc2-c2ccc(C3CCOCC3)cc21. The molecule has 0 N–H and O–H groups in total. The van der Waals surface area contributed by atoms with Crippen LogP contribution in [0, 0.1) is 0 Å². The molecule has 2 aliphatic carbocycles. The van der Waals surface area contributed by atoms with Gasteiger partial charge in [-0.25, -0.2) is 0 Å². The Hall–Kier alpha value is -2.72. The van der Waals surface area contributed by atoms with Gasteiger partial charge in [0, 0.05) is 30.9 Å². The molecule has 3 heteroatoms. The second kappa shape index (κ2) is 8.91. The summed E-state index contributed by atoms with van der Waals surface area (Å²) >= 11 is 3.85. The van der Waals surface area contributed by atoms with Crippen LogP contribution in [0.25, 0.3) is 22.3 Å². The minimum Gasteiger partial charge on any atom is -0.381 e. The van der Waals surface area contributed by atoms with Gasteiger partial charge in [0.2, 0.25) is 0 Å². The van der Waals surface area contributed by atoms with Crippen LogP contribution in [-0.2, 0) is 14.9 Å². The number of ether oxygens (including phenoxy) is 2. The highest BCUT2D eigenvalue weighted by molar-refractivity contribution is 9.10. The summed E-state index contributed by atoms with van der Waals surface area (Å²) in [5, 5.41) is 0. The van der Waals surface area contributed by atoms with E-state index in [0.717, 1.165) is 56.6 Å². The van der Waals surface area contributed by atoms with Crippen molar-refractivity contribution in [3.8, 4) is 22.3 Å². The molecule has 2 heterocycles. The van der Waals surface area contributed by atoms with Gasteiger partial charge in [-0.1, -0.05) is 82.7 Å².